The quantitative estimate of drug-likeness (QED) is 0.747. The highest BCUT2D eigenvalue weighted by molar-refractivity contribution is 5.68. The highest BCUT2D eigenvalue weighted by atomic mass is 16.5. The summed E-state index contributed by atoms with van der Waals surface area (Å²) in [5.41, 5.74) is 6.51. The molecule has 0 amide bonds. The average molecular weight is 252 g/mol. The van der Waals surface area contributed by atoms with Crippen molar-refractivity contribution in [3.63, 3.8) is 0 Å². The molecule has 0 saturated heterocycles. The molecule has 1 aliphatic rings. The molecule has 0 spiro atoms. The SMILES string of the molecule is CCCOc1ncnc(N(CCO)C2CC2)c1N. The van der Waals surface area contributed by atoms with Gasteiger partial charge in [0.05, 0.1) is 13.2 Å². The summed E-state index contributed by atoms with van der Waals surface area (Å²) in [6, 6.07) is 0.438. The van der Waals surface area contributed by atoms with Crippen LogP contribution >= 0.6 is 0 Å². The minimum absolute atomic E-state index is 0.0884. The van der Waals surface area contributed by atoms with Crippen molar-refractivity contribution in [1.29, 1.82) is 0 Å². The summed E-state index contributed by atoms with van der Waals surface area (Å²) >= 11 is 0. The van der Waals surface area contributed by atoms with Crippen molar-refractivity contribution in [1.82, 2.24) is 9.97 Å². The number of aliphatic hydroxyl groups is 1. The largest absolute Gasteiger partial charge is 0.476 e. The van der Waals surface area contributed by atoms with Crippen LogP contribution in [0.4, 0.5) is 11.5 Å². The first-order valence-electron chi connectivity index (χ1n) is 6.38. The lowest BCUT2D eigenvalue weighted by atomic mass is 10.3. The maximum atomic E-state index is 9.12. The average Bonchev–Trinajstić information content (AvgIpc) is 3.19. The molecule has 100 valence electrons. The third-order valence-electron chi connectivity index (χ3n) is 2.87. The van der Waals surface area contributed by atoms with Gasteiger partial charge in [-0.3, -0.25) is 0 Å². The summed E-state index contributed by atoms with van der Waals surface area (Å²) in [5, 5.41) is 9.12. The van der Waals surface area contributed by atoms with Crippen molar-refractivity contribution >= 4 is 11.5 Å². The van der Waals surface area contributed by atoms with Crippen LogP contribution in [0.15, 0.2) is 6.33 Å². The van der Waals surface area contributed by atoms with Crippen molar-refractivity contribution in [2.24, 2.45) is 0 Å². The van der Waals surface area contributed by atoms with E-state index in [1.54, 1.807) is 0 Å². The van der Waals surface area contributed by atoms with Crippen molar-refractivity contribution in [3.05, 3.63) is 6.33 Å². The fraction of sp³-hybridized carbons (Fsp3) is 0.667. The molecule has 1 aliphatic carbocycles. The van der Waals surface area contributed by atoms with Gasteiger partial charge in [-0.2, -0.15) is 4.98 Å². The summed E-state index contributed by atoms with van der Waals surface area (Å²) in [6.07, 6.45) is 4.61. The molecule has 6 heteroatoms. The molecular formula is C12H20N4O2. The zero-order valence-corrected chi connectivity index (χ0v) is 10.7. The van der Waals surface area contributed by atoms with Crippen LogP contribution in [0.3, 0.4) is 0 Å². The number of nitrogens with two attached hydrogens (primary N) is 1. The van der Waals surface area contributed by atoms with Crippen molar-refractivity contribution in [3.8, 4) is 5.88 Å². The van der Waals surface area contributed by atoms with Gasteiger partial charge in [0.15, 0.2) is 5.82 Å². The van der Waals surface area contributed by atoms with Gasteiger partial charge >= 0.3 is 0 Å². The van der Waals surface area contributed by atoms with Gasteiger partial charge in [0.1, 0.15) is 12.0 Å². The predicted molar refractivity (Wildman–Crippen MR) is 69.7 cm³/mol. The molecule has 2 rings (SSSR count). The van der Waals surface area contributed by atoms with Gasteiger partial charge in [-0.15, -0.1) is 0 Å². The standard InChI is InChI=1S/C12H20N4O2/c1-2-7-18-12-10(13)11(14-8-15-12)16(5-6-17)9-3-4-9/h8-9,17H,2-7,13H2,1H3. The zero-order chi connectivity index (χ0) is 13.0. The first-order chi connectivity index (χ1) is 8.77. The number of aromatic nitrogens is 2. The molecule has 3 N–H and O–H groups in total. The Labute approximate surface area is 107 Å². The molecule has 1 heterocycles. The summed E-state index contributed by atoms with van der Waals surface area (Å²) in [6.45, 7) is 3.24. The molecule has 18 heavy (non-hydrogen) atoms. The van der Waals surface area contributed by atoms with E-state index in [4.69, 9.17) is 15.6 Å². The Balaban J connectivity index is 2.19. The fourth-order valence-corrected chi connectivity index (χ4v) is 1.87. The maximum absolute atomic E-state index is 9.12. The number of nitrogen functional groups attached to an aromatic ring is 1. The Bertz CT molecular complexity index is 396. The third-order valence-corrected chi connectivity index (χ3v) is 2.87. The monoisotopic (exact) mass is 252 g/mol. The Morgan fingerprint density at radius 1 is 1.50 bits per heavy atom. The second kappa shape index (κ2) is 5.86. The Hall–Kier alpha value is -1.56. The number of hydrogen-bond donors (Lipinski definition) is 2. The third kappa shape index (κ3) is 2.81. The van der Waals surface area contributed by atoms with E-state index in [0.29, 0.717) is 36.6 Å². The van der Waals surface area contributed by atoms with Crippen LogP contribution in [0.2, 0.25) is 0 Å². The molecule has 0 atom stereocenters. The molecule has 0 unspecified atom stereocenters. The number of aliphatic hydroxyl groups excluding tert-OH is 1. The van der Waals surface area contributed by atoms with Crippen LogP contribution in [-0.2, 0) is 0 Å². The number of rotatable bonds is 7. The van der Waals surface area contributed by atoms with Crippen LogP contribution in [-0.4, -0.2) is 40.9 Å². The number of ether oxygens (including phenoxy) is 1. The number of anilines is 2. The second-order valence-electron chi connectivity index (χ2n) is 4.41. The highest BCUT2D eigenvalue weighted by Crippen LogP contribution is 2.35. The van der Waals surface area contributed by atoms with E-state index in [1.807, 2.05) is 11.8 Å². The van der Waals surface area contributed by atoms with E-state index in [2.05, 4.69) is 9.97 Å². The molecule has 1 aromatic rings. The van der Waals surface area contributed by atoms with E-state index in [1.165, 1.54) is 6.33 Å². The lowest BCUT2D eigenvalue weighted by Gasteiger charge is -2.24. The van der Waals surface area contributed by atoms with E-state index < -0.39 is 0 Å². The van der Waals surface area contributed by atoms with Crippen molar-refractivity contribution in [2.45, 2.75) is 32.2 Å². The first kappa shape index (κ1) is 12.9. The molecule has 1 aromatic heterocycles. The Morgan fingerprint density at radius 2 is 2.28 bits per heavy atom. The van der Waals surface area contributed by atoms with Crippen LogP contribution < -0.4 is 15.4 Å². The number of hydrogen-bond acceptors (Lipinski definition) is 6. The normalized spacial score (nSPS) is 14.6. The molecule has 1 saturated carbocycles. The molecule has 1 fully saturated rings. The topological polar surface area (TPSA) is 84.5 Å². The van der Waals surface area contributed by atoms with E-state index in [0.717, 1.165) is 19.3 Å². The van der Waals surface area contributed by atoms with Gasteiger partial charge in [0.25, 0.3) is 0 Å². The lowest BCUT2D eigenvalue weighted by molar-refractivity contribution is 0.299. The van der Waals surface area contributed by atoms with Gasteiger partial charge in [0.2, 0.25) is 5.88 Å². The highest BCUT2D eigenvalue weighted by Gasteiger charge is 2.31. The Kier molecular flexibility index (Phi) is 4.19. The predicted octanol–water partition coefficient (Wildman–Crippen LogP) is 0.809. The van der Waals surface area contributed by atoms with Crippen LogP contribution in [0.5, 0.6) is 5.88 Å². The van der Waals surface area contributed by atoms with E-state index in [9.17, 15) is 0 Å². The molecular weight excluding hydrogens is 232 g/mol. The van der Waals surface area contributed by atoms with Crippen molar-refractivity contribution in [2.75, 3.05) is 30.4 Å². The first-order valence-corrected chi connectivity index (χ1v) is 6.38. The van der Waals surface area contributed by atoms with Crippen LogP contribution in [0, 0.1) is 0 Å². The molecule has 0 aliphatic heterocycles. The summed E-state index contributed by atoms with van der Waals surface area (Å²) in [4.78, 5) is 10.3. The van der Waals surface area contributed by atoms with Crippen LogP contribution in [0.25, 0.3) is 0 Å². The van der Waals surface area contributed by atoms with Crippen LogP contribution in [0.1, 0.15) is 26.2 Å². The van der Waals surface area contributed by atoms with Crippen molar-refractivity contribution < 1.29 is 9.84 Å². The smallest absolute Gasteiger partial charge is 0.242 e. The number of nitrogens with zero attached hydrogens (tertiary/aromatic N) is 3. The summed E-state index contributed by atoms with van der Waals surface area (Å²) in [5.74, 6) is 1.11. The molecule has 6 nitrogen and oxygen atoms in total. The van der Waals surface area contributed by atoms with Gasteiger partial charge in [-0.25, -0.2) is 4.98 Å². The fourth-order valence-electron chi connectivity index (χ4n) is 1.87. The molecule has 0 radical (unpaired) electrons. The van der Waals surface area contributed by atoms with E-state index in [-0.39, 0.29) is 6.61 Å². The van der Waals surface area contributed by atoms with Gasteiger partial charge in [0, 0.05) is 12.6 Å². The van der Waals surface area contributed by atoms with E-state index >= 15 is 0 Å². The minimum atomic E-state index is 0.0884. The molecule has 0 bridgehead atoms. The minimum Gasteiger partial charge on any atom is -0.476 e. The summed E-state index contributed by atoms with van der Waals surface area (Å²) < 4.78 is 5.49. The van der Waals surface area contributed by atoms with Gasteiger partial charge < -0.3 is 20.5 Å². The zero-order valence-electron chi connectivity index (χ0n) is 10.7. The van der Waals surface area contributed by atoms with Gasteiger partial charge in [-0.05, 0) is 19.3 Å². The lowest BCUT2D eigenvalue weighted by Crippen LogP contribution is -2.30. The second-order valence-corrected chi connectivity index (χ2v) is 4.41. The molecule has 0 aromatic carbocycles. The van der Waals surface area contributed by atoms with Gasteiger partial charge in [-0.1, -0.05) is 6.92 Å². The Morgan fingerprint density at radius 3 is 2.89 bits per heavy atom. The summed E-state index contributed by atoms with van der Waals surface area (Å²) in [7, 11) is 0. The maximum Gasteiger partial charge on any atom is 0.242 e.